The lowest BCUT2D eigenvalue weighted by atomic mass is 9.96. The maximum atomic E-state index is 13.0. The first-order valence-corrected chi connectivity index (χ1v) is 10.7. The second kappa shape index (κ2) is 8.27. The van der Waals surface area contributed by atoms with Gasteiger partial charge in [-0.15, -0.1) is 0 Å². The van der Waals surface area contributed by atoms with E-state index in [4.69, 9.17) is 4.42 Å². The van der Waals surface area contributed by atoms with Crippen LogP contribution >= 0.6 is 0 Å². The van der Waals surface area contributed by atoms with E-state index < -0.39 is 10.0 Å². The van der Waals surface area contributed by atoms with Crippen LogP contribution in [0.15, 0.2) is 52.0 Å². The largest absolute Gasteiger partial charge is 0.467 e. The Balaban J connectivity index is 1.78. The minimum atomic E-state index is -3.63. The van der Waals surface area contributed by atoms with Gasteiger partial charge in [0, 0.05) is 25.7 Å². The number of rotatable bonds is 6. The van der Waals surface area contributed by atoms with Crippen molar-refractivity contribution in [2.75, 3.05) is 14.1 Å². The highest BCUT2D eigenvalue weighted by molar-refractivity contribution is 7.89. The van der Waals surface area contributed by atoms with Crippen LogP contribution in [0.2, 0.25) is 0 Å². The van der Waals surface area contributed by atoms with Crippen molar-refractivity contribution < 1.29 is 17.6 Å². The molecule has 0 saturated heterocycles. The molecule has 1 heterocycles. The smallest absolute Gasteiger partial charge is 0.254 e. The van der Waals surface area contributed by atoms with Crippen LogP contribution in [0.3, 0.4) is 0 Å². The molecule has 0 N–H and O–H groups in total. The van der Waals surface area contributed by atoms with E-state index in [1.807, 2.05) is 0 Å². The zero-order valence-corrected chi connectivity index (χ0v) is 16.6. The van der Waals surface area contributed by atoms with Crippen molar-refractivity contribution in [1.82, 2.24) is 9.21 Å². The van der Waals surface area contributed by atoms with Crippen molar-refractivity contribution in [3.05, 3.63) is 54.0 Å². The monoisotopic (exact) mass is 390 g/mol. The van der Waals surface area contributed by atoms with E-state index in [1.54, 1.807) is 50.7 Å². The number of furan rings is 1. The predicted molar refractivity (Wildman–Crippen MR) is 103 cm³/mol. The maximum Gasteiger partial charge on any atom is 0.254 e. The summed E-state index contributed by atoms with van der Waals surface area (Å²) in [6.45, 7) is 0.324. The quantitative estimate of drug-likeness (QED) is 0.757. The van der Waals surface area contributed by atoms with Crippen molar-refractivity contribution in [3.8, 4) is 0 Å². The highest BCUT2D eigenvalue weighted by Crippen LogP contribution is 2.27. The minimum absolute atomic E-state index is 0.0322. The van der Waals surface area contributed by atoms with Gasteiger partial charge in [0.2, 0.25) is 10.0 Å². The van der Waals surface area contributed by atoms with Crippen LogP contribution in [0.1, 0.15) is 48.2 Å². The van der Waals surface area contributed by atoms with E-state index in [0.717, 1.165) is 32.1 Å². The van der Waals surface area contributed by atoms with Crippen LogP contribution in [-0.2, 0) is 16.6 Å². The second-order valence-corrected chi connectivity index (χ2v) is 9.08. The molecule has 3 rings (SSSR count). The van der Waals surface area contributed by atoms with Gasteiger partial charge in [0.15, 0.2) is 0 Å². The summed E-state index contributed by atoms with van der Waals surface area (Å²) in [6, 6.07) is 9.87. The van der Waals surface area contributed by atoms with Gasteiger partial charge in [-0.05, 0) is 43.2 Å². The molecule has 1 aromatic heterocycles. The van der Waals surface area contributed by atoms with E-state index in [-0.39, 0.29) is 16.8 Å². The molecule has 1 amide bonds. The molecule has 0 bridgehead atoms. The molecular weight excluding hydrogens is 364 g/mol. The van der Waals surface area contributed by atoms with Gasteiger partial charge in [0.1, 0.15) is 5.76 Å². The highest BCUT2D eigenvalue weighted by Gasteiger charge is 2.29. The molecule has 0 spiro atoms. The molecule has 0 unspecified atom stereocenters. The zero-order valence-electron chi connectivity index (χ0n) is 15.8. The summed E-state index contributed by atoms with van der Waals surface area (Å²) in [4.78, 5) is 14.4. The van der Waals surface area contributed by atoms with Crippen LogP contribution in [0.25, 0.3) is 0 Å². The van der Waals surface area contributed by atoms with Gasteiger partial charge in [-0.1, -0.05) is 25.3 Å². The van der Waals surface area contributed by atoms with E-state index in [9.17, 15) is 13.2 Å². The van der Waals surface area contributed by atoms with Crippen molar-refractivity contribution in [3.63, 3.8) is 0 Å². The average Bonchev–Trinajstić information content (AvgIpc) is 3.20. The molecule has 6 nitrogen and oxygen atoms in total. The van der Waals surface area contributed by atoms with Gasteiger partial charge < -0.3 is 9.32 Å². The SMILES string of the molecule is CN(Cc1ccco1)C(=O)c1cccc(S(=O)(=O)N(C)C2CCCCC2)c1. The first-order chi connectivity index (χ1) is 12.9. The van der Waals surface area contributed by atoms with Gasteiger partial charge in [0.25, 0.3) is 5.91 Å². The van der Waals surface area contributed by atoms with Crippen molar-refractivity contribution >= 4 is 15.9 Å². The number of benzene rings is 1. The third kappa shape index (κ3) is 4.42. The van der Waals surface area contributed by atoms with Crippen LogP contribution < -0.4 is 0 Å². The summed E-state index contributed by atoms with van der Waals surface area (Å²) < 4.78 is 32.8. The Morgan fingerprint density at radius 3 is 2.52 bits per heavy atom. The fourth-order valence-corrected chi connectivity index (χ4v) is 4.99. The van der Waals surface area contributed by atoms with Gasteiger partial charge in [-0.2, -0.15) is 4.31 Å². The standard InChI is InChI=1S/C20H26N2O4S/c1-21(15-18-11-7-13-26-18)20(23)16-8-6-12-19(14-16)27(24,25)22(2)17-9-4-3-5-10-17/h6-8,11-14,17H,3-5,9-10,15H2,1-2H3. The topological polar surface area (TPSA) is 70.8 Å². The number of amides is 1. The lowest BCUT2D eigenvalue weighted by molar-refractivity contribution is 0.0775. The molecule has 1 aliphatic rings. The molecular formula is C20H26N2O4S. The summed E-state index contributed by atoms with van der Waals surface area (Å²) in [5.74, 6) is 0.426. The molecule has 146 valence electrons. The fourth-order valence-electron chi connectivity index (χ4n) is 3.53. The third-order valence-electron chi connectivity index (χ3n) is 5.17. The molecule has 1 aliphatic carbocycles. The Hall–Kier alpha value is -2.12. The Labute approximate surface area is 160 Å². The summed E-state index contributed by atoms with van der Waals surface area (Å²) in [7, 11) is -0.318. The van der Waals surface area contributed by atoms with Crippen molar-refractivity contribution in [1.29, 1.82) is 0 Å². The van der Waals surface area contributed by atoms with E-state index in [0.29, 0.717) is 17.9 Å². The molecule has 1 saturated carbocycles. The van der Waals surface area contributed by atoms with Gasteiger partial charge in [0.05, 0.1) is 17.7 Å². The summed E-state index contributed by atoms with van der Waals surface area (Å²) >= 11 is 0. The van der Waals surface area contributed by atoms with E-state index in [2.05, 4.69) is 0 Å². The van der Waals surface area contributed by atoms with Crippen molar-refractivity contribution in [2.45, 2.75) is 49.6 Å². The first kappa shape index (κ1) is 19.6. The molecule has 0 atom stereocenters. The first-order valence-electron chi connectivity index (χ1n) is 9.25. The Morgan fingerprint density at radius 1 is 1.11 bits per heavy atom. The second-order valence-electron chi connectivity index (χ2n) is 7.08. The van der Waals surface area contributed by atoms with Crippen LogP contribution in [0, 0.1) is 0 Å². The lowest BCUT2D eigenvalue weighted by Gasteiger charge is -2.30. The van der Waals surface area contributed by atoms with Crippen LogP contribution in [-0.4, -0.2) is 43.7 Å². The zero-order chi connectivity index (χ0) is 19.4. The number of hydrogen-bond acceptors (Lipinski definition) is 4. The molecule has 27 heavy (non-hydrogen) atoms. The van der Waals surface area contributed by atoms with Crippen molar-refractivity contribution in [2.24, 2.45) is 0 Å². The van der Waals surface area contributed by atoms with Gasteiger partial charge in [-0.25, -0.2) is 8.42 Å². The summed E-state index contributed by atoms with van der Waals surface area (Å²) in [5, 5.41) is 0. The van der Waals surface area contributed by atoms with Gasteiger partial charge >= 0.3 is 0 Å². The minimum Gasteiger partial charge on any atom is -0.467 e. The summed E-state index contributed by atoms with van der Waals surface area (Å²) in [6.07, 6.45) is 6.61. The van der Waals surface area contributed by atoms with E-state index in [1.165, 1.54) is 15.3 Å². The third-order valence-corrected chi connectivity index (χ3v) is 7.07. The maximum absolute atomic E-state index is 13.0. The number of carbonyl (C=O) groups excluding carboxylic acids is 1. The highest BCUT2D eigenvalue weighted by atomic mass is 32.2. The molecule has 1 fully saturated rings. The molecule has 0 aliphatic heterocycles. The van der Waals surface area contributed by atoms with E-state index >= 15 is 0 Å². The summed E-state index contributed by atoms with van der Waals surface area (Å²) in [5.41, 5.74) is 0.349. The Bertz CT molecular complexity index is 871. The fraction of sp³-hybridized carbons (Fsp3) is 0.450. The molecule has 2 aromatic rings. The molecule has 1 aromatic carbocycles. The number of carbonyl (C=O) groups is 1. The Morgan fingerprint density at radius 2 is 1.85 bits per heavy atom. The lowest BCUT2D eigenvalue weighted by Crippen LogP contribution is -2.38. The predicted octanol–water partition coefficient (Wildman–Crippen LogP) is 3.51. The Kier molecular flexibility index (Phi) is 6.01. The van der Waals surface area contributed by atoms with Crippen LogP contribution in [0.4, 0.5) is 0 Å². The number of sulfonamides is 1. The van der Waals surface area contributed by atoms with Gasteiger partial charge in [-0.3, -0.25) is 4.79 Å². The average molecular weight is 391 g/mol. The number of nitrogens with zero attached hydrogens (tertiary/aromatic N) is 2. The molecule has 0 radical (unpaired) electrons. The normalized spacial score (nSPS) is 15.8. The van der Waals surface area contributed by atoms with Crippen LogP contribution in [0.5, 0.6) is 0 Å². The molecule has 7 heteroatoms. The number of hydrogen-bond donors (Lipinski definition) is 0.